The lowest BCUT2D eigenvalue weighted by atomic mass is 9.93. The molecule has 5 nitrogen and oxygen atoms in total. The molecule has 0 bridgehead atoms. The Morgan fingerprint density at radius 1 is 1.32 bits per heavy atom. The smallest absolute Gasteiger partial charge is 0.198 e. The van der Waals surface area contributed by atoms with Crippen molar-refractivity contribution in [3.63, 3.8) is 0 Å². The van der Waals surface area contributed by atoms with Crippen LogP contribution in [0.15, 0.2) is 22.9 Å². The molecule has 1 N–H and O–H groups in total. The Balaban J connectivity index is 1.97. The molecule has 0 amide bonds. The molecule has 0 radical (unpaired) electrons. The minimum Gasteiger partial charge on any atom is -0.360 e. The zero-order valence-corrected chi connectivity index (χ0v) is 13.3. The highest BCUT2D eigenvalue weighted by Gasteiger charge is 2.33. The first-order chi connectivity index (χ1) is 10.5. The second-order valence-corrected chi connectivity index (χ2v) is 6.63. The van der Waals surface area contributed by atoms with Gasteiger partial charge in [-0.1, -0.05) is 17.3 Å². The van der Waals surface area contributed by atoms with Crippen LogP contribution in [0.1, 0.15) is 57.1 Å². The van der Waals surface area contributed by atoms with Gasteiger partial charge in [-0.25, -0.2) is 4.21 Å². The highest BCUT2D eigenvalue weighted by Crippen LogP contribution is 2.42. The number of ketones is 1. The lowest BCUT2D eigenvalue weighted by molar-refractivity contribution is 0.103. The molecule has 1 heterocycles. The van der Waals surface area contributed by atoms with Crippen LogP contribution >= 0.6 is 0 Å². The Morgan fingerprint density at radius 3 is 2.68 bits per heavy atom. The van der Waals surface area contributed by atoms with E-state index >= 15 is 0 Å². The van der Waals surface area contributed by atoms with Gasteiger partial charge >= 0.3 is 0 Å². The summed E-state index contributed by atoms with van der Waals surface area (Å²) in [5, 5.41) is 3.77. The number of rotatable bonds is 5. The quantitative estimate of drug-likeness (QED) is 0.676. The van der Waals surface area contributed by atoms with Gasteiger partial charge in [-0.2, -0.15) is 0 Å². The summed E-state index contributed by atoms with van der Waals surface area (Å²) in [5.74, 6) is 0.976. The van der Waals surface area contributed by atoms with E-state index in [0.717, 1.165) is 29.5 Å². The summed E-state index contributed by atoms with van der Waals surface area (Å²) in [5.41, 5.74) is 3.61. The normalized spacial score (nSPS) is 15.8. The minimum atomic E-state index is -1.89. The summed E-state index contributed by atoms with van der Waals surface area (Å²) in [6.07, 6.45) is 3.56. The van der Waals surface area contributed by atoms with Gasteiger partial charge in [0.15, 0.2) is 22.6 Å². The number of benzene rings is 1. The third kappa shape index (κ3) is 2.76. The second kappa shape index (κ2) is 5.78. The standard InChI is InChI=1S/C16H17NO4S/c1-9-10(2)13(6-5-12(9)8-22(19)20)15(18)14-7-17-21-16(14)11-3-4-11/h5-7,11H,3-4,8H2,1-2H3,(H,19,20). The van der Waals surface area contributed by atoms with Crippen LogP contribution in [0.2, 0.25) is 0 Å². The number of hydrogen-bond acceptors (Lipinski definition) is 4. The van der Waals surface area contributed by atoms with E-state index in [1.807, 2.05) is 13.8 Å². The lowest BCUT2D eigenvalue weighted by Gasteiger charge is -2.11. The Hall–Kier alpha value is -1.79. The number of aromatic nitrogens is 1. The predicted molar refractivity (Wildman–Crippen MR) is 82.3 cm³/mol. The van der Waals surface area contributed by atoms with Crippen LogP contribution in [-0.4, -0.2) is 19.7 Å². The first kappa shape index (κ1) is 15.1. The molecule has 1 aromatic carbocycles. The Kier molecular flexibility index (Phi) is 3.97. The number of carbonyl (C=O) groups is 1. The van der Waals surface area contributed by atoms with Crippen LogP contribution in [0.3, 0.4) is 0 Å². The fourth-order valence-electron chi connectivity index (χ4n) is 2.62. The van der Waals surface area contributed by atoms with Gasteiger partial charge in [0.1, 0.15) is 0 Å². The highest BCUT2D eigenvalue weighted by molar-refractivity contribution is 7.78. The van der Waals surface area contributed by atoms with Crippen LogP contribution in [0.4, 0.5) is 0 Å². The first-order valence-electron chi connectivity index (χ1n) is 7.15. The third-order valence-corrected chi connectivity index (χ3v) is 4.77. The first-order valence-corrected chi connectivity index (χ1v) is 8.42. The molecular formula is C16H17NO4S. The maximum absolute atomic E-state index is 12.8. The van der Waals surface area contributed by atoms with Gasteiger partial charge < -0.3 is 9.08 Å². The average molecular weight is 319 g/mol. The van der Waals surface area contributed by atoms with Crippen molar-refractivity contribution in [2.45, 2.75) is 38.4 Å². The van der Waals surface area contributed by atoms with Crippen molar-refractivity contribution in [3.05, 3.63) is 51.9 Å². The van der Waals surface area contributed by atoms with Gasteiger partial charge in [0.25, 0.3) is 0 Å². The molecule has 6 heteroatoms. The SMILES string of the molecule is Cc1c(CS(=O)O)ccc(C(=O)c2cnoc2C2CC2)c1C. The van der Waals surface area contributed by atoms with E-state index in [4.69, 9.17) is 9.08 Å². The lowest BCUT2D eigenvalue weighted by Crippen LogP contribution is -2.08. The van der Waals surface area contributed by atoms with Gasteiger partial charge in [-0.05, 0) is 43.4 Å². The van der Waals surface area contributed by atoms with E-state index in [1.165, 1.54) is 6.20 Å². The summed E-state index contributed by atoms with van der Waals surface area (Å²) < 4.78 is 25.3. The second-order valence-electron chi connectivity index (χ2n) is 5.70. The van der Waals surface area contributed by atoms with E-state index in [1.54, 1.807) is 12.1 Å². The Bertz CT molecular complexity index is 762. The zero-order chi connectivity index (χ0) is 15.9. The van der Waals surface area contributed by atoms with Crippen molar-refractivity contribution < 1.29 is 18.1 Å². The number of nitrogens with zero attached hydrogens (tertiary/aromatic N) is 1. The fraction of sp³-hybridized carbons (Fsp3) is 0.375. The third-order valence-electron chi connectivity index (χ3n) is 4.21. The minimum absolute atomic E-state index is 0.0712. The maximum Gasteiger partial charge on any atom is 0.198 e. The molecule has 1 unspecified atom stereocenters. The van der Waals surface area contributed by atoms with Crippen molar-refractivity contribution >= 4 is 16.9 Å². The van der Waals surface area contributed by atoms with Gasteiger partial charge in [0.2, 0.25) is 0 Å². The number of carbonyl (C=O) groups excluding carboxylic acids is 1. The van der Waals surface area contributed by atoms with Gasteiger partial charge in [0.05, 0.1) is 17.5 Å². The summed E-state index contributed by atoms with van der Waals surface area (Å²) in [4.78, 5) is 12.8. The van der Waals surface area contributed by atoms with Crippen molar-refractivity contribution in [1.29, 1.82) is 0 Å². The van der Waals surface area contributed by atoms with Gasteiger partial charge in [-0.15, -0.1) is 0 Å². The van der Waals surface area contributed by atoms with Crippen LogP contribution < -0.4 is 0 Å². The fourth-order valence-corrected chi connectivity index (χ4v) is 3.20. The van der Waals surface area contributed by atoms with E-state index in [-0.39, 0.29) is 11.5 Å². The molecule has 1 aliphatic carbocycles. The monoisotopic (exact) mass is 319 g/mol. The molecule has 1 atom stereocenters. The van der Waals surface area contributed by atoms with Gasteiger partial charge in [-0.3, -0.25) is 4.79 Å². The largest absolute Gasteiger partial charge is 0.360 e. The van der Waals surface area contributed by atoms with Crippen LogP contribution in [0.5, 0.6) is 0 Å². The molecule has 1 saturated carbocycles. The molecule has 0 saturated heterocycles. The Morgan fingerprint density at radius 2 is 2.05 bits per heavy atom. The molecule has 116 valence electrons. The molecule has 22 heavy (non-hydrogen) atoms. The average Bonchev–Trinajstić information content (AvgIpc) is 3.20. The Labute approximate surface area is 131 Å². The number of hydrogen-bond donors (Lipinski definition) is 1. The molecule has 1 aromatic heterocycles. The van der Waals surface area contributed by atoms with E-state index in [9.17, 15) is 9.00 Å². The molecule has 0 aliphatic heterocycles. The summed E-state index contributed by atoms with van der Waals surface area (Å²) in [6.45, 7) is 3.72. The van der Waals surface area contributed by atoms with Crippen molar-refractivity contribution in [2.24, 2.45) is 0 Å². The van der Waals surface area contributed by atoms with Gasteiger partial charge in [0, 0.05) is 11.5 Å². The van der Waals surface area contributed by atoms with E-state index < -0.39 is 11.1 Å². The van der Waals surface area contributed by atoms with Crippen molar-refractivity contribution in [1.82, 2.24) is 5.16 Å². The van der Waals surface area contributed by atoms with Crippen LogP contribution in [-0.2, 0) is 16.8 Å². The van der Waals surface area contributed by atoms with Crippen LogP contribution in [0, 0.1) is 13.8 Å². The van der Waals surface area contributed by atoms with Crippen LogP contribution in [0.25, 0.3) is 0 Å². The van der Waals surface area contributed by atoms with E-state index in [2.05, 4.69) is 5.16 Å². The summed E-state index contributed by atoms with van der Waals surface area (Å²) in [6, 6.07) is 3.46. The molecule has 2 aromatic rings. The summed E-state index contributed by atoms with van der Waals surface area (Å²) in [7, 11) is 0. The predicted octanol–water partition coefficient (Wildman–Crippen LogP) is 3.12. The molecular weight excluding hydrogens is 302 g/mol. The van der Waals surface area contributed by atoms with Crippen molar-refractivity contribution in [2.75, 3.05) is 0 Å². The summed E-state index contributed by atoms with van der Waals surface area (Å²) >= 11 is -1.89. The van der Waals surface area contributed by atoms with Crippen molar-refractivity contribution in [3.8, 4) is 0 Å². The topological polar surface area (TPSA) is 80.4 Å². The zero-order valence-electron chi connectivity index (χ0n) is 12.5. The molecule has 0 spiro atoms. The molecule has 1 aliphatic rings. The molecule has 3 rings (SSSR count). The highest BCUT2D eigenvalue weighted by atomic mass is 32.2. The maximum atomic E-state index is 12.8. The van der Waals surface area contributed by atoms with E-state index in [0.29, 0.717) is 22.8 Å². The molecule has 1 fully saturated rings.